The van der Waals surface area contributed by atoms with E-state index in [9.17, 15) is 9.18 Å². The Kier molecular flexibility index (Phi) is 4.13. The molecule has 1 amide bonds. The van der Waals surface area contributed by atoms with E-state index in [1.54, 1.807) is 18.2 Å². The molecule has 4 nitrogen and oxygen atoms in total. The summed E-state index contributed by atoms with van der Waals surface area (Å²) < 4.78 is 19.6. The predicted octanol–water partition coefficient (Wildman–Crippen LogP) is 3.83. The van der Waals surface area contributed by atoms with Crippen molar-refractivity contribution in [2.45, 2.75) is 26.2 Å². The number of aryl methyl sites for hydroxylation is 1. The molecular weight excluding hydrogens is 283 g/mol. The monoisotopic (exact) mass is 302 g/mol. The molecule has 1 aromatic carbocycles. The molecule has 3 rings (SSSR count). The number of para-hydroxylation sites is 1. The van der Waals surface area contributed by atoms with Crippen LogP contribution in [0.25, 0.3) is 0 Å². The van der Waals surface area contributed by atoms with Gasteiger partial charge in [-0.15, -0.1) is 0 Å². The minimum atomic E-state index is -0.431. The highest BCUT2D eigenvalue weighted by Gasteiger charge is 2.21. The lowest BCUT2D eigenvalue weighted by Crippen LogP contribution is -2.21. The molecule has 0 aliphatic carbocycles. The number of rotatable bonds is 4. The average molecular weight is 302 g/mol. The van der Waals surface area contributed by atoms with E-state index in [0.717, 1.165) is 37.4 Å². The summed E-state index contributed by atoms with van der Waals surface area (Å²) in [5.41, 5.74) is 0.956. The van der Waals surface area contributed by atoms with Gasteiger partial charge in [-0.25, -0.2) is 4.39 Å². The maximum Gasteiger partial charge on any atom is 0.291 e. The third kappa shape index (κ3) is 2.84. The molecule has 0 unspecified atom stereocenters. The third-order valence-electron chi connectivity index (χ3n) is 3.91. The SMILES string of the molecule is CCc1ccc(C(=O)Nc2c(F)cccc2N2CCCC2)o1. The second-order valence-corrected chi connectivity index (χ2v) is 5.40. The fourth-order valence-corrected chi connectivity index (χ4v) is 2.72. The molecule has 22 heavy (non-hydrogen) atoms. The molecule has 5 heteroatoms. The lowest BCUT2D eigenvalue weighted by Gasteiger charge is -2.21. The molecule has 0 atom stereocenters. The van der Waals surface area contributed by atoms with Crippen molar-refractivity contribution in [2.24, 2.45) is 0 Å². The molecule has 1 saturated heterocycles. The number of hydrogen-bond acceptors (Lipinski definition) is 3. The molecule has 0 saturated carbocycles. The highest BCUT2D eigenvalue weighted by atomic mass is 19.1. The number of furan rings is 1. The van der Waals surface area contributed by atoms with Crippen LogP contribution in [0.2, 0.25) is 0 Å². The molecule has 0 spiro atoms. The number of carbonyl (C=O) groups excluding carboxylic acids is 1. The van der Waals surface area contributed by atoms with Crippen LogP contribution < -0.4 is 10.2 Å². The Labute approximate surface area is 128 Å². The van der Waals surface area contributed by atoms with Gasteiger partial charge < -0.3 is 14.6 Å². The first kappa shape index (κ1) is 14.6. The van der Waals surface area contributed by atoms with Gasteiger partial charge in [-0.2, -0.15) is 0 Å². The standard InChI is InChI=1S/C17H19FN2O2/c1-2-12-8-9-15(22-12)17(21)19-16-13(18)6-5-7-14(16)20-10-3-4-11-20/h5-9H,2-4,10-11H2,1H3,(H,19,21). The van der Waals surface area contributed by atoms with Crippen LogP contribution in [0.5, 0.6) is 0 Å². The Morgan fingerprint density at radius 1 is 1.27 bits per heavy atom. The van der Waals surface area contributed by atoms with Gasteiger partial charge in [0.1, 0.15) is 17.3 Å². The summed E-state index contributed by atoms with van der Waals surface area (Å²) in [4.78, 5) is 14.4. The van der Waals surface area contributed by atoms with Crippen LogP contribution in [0.1, 0.15) is 36.1 Å². The Hall–Kier alpha value is -2.30. The normalized spacial score (nSPS) is 14.4. The molecule has 1 aromatic heterocycles. The number of hydrogen-bond donors (Lipinski definition) is 1. The zero-order valence-corrected chi connectivity index (χ0v) is 12.6. The van der Waals surface area contributed by atoms with E-state index in [2.05, 4.69) is 10.2 Å². The molecule has 116 valence electrons. The maximum atomic E-state index is 14.2. The molecule has 2 aromatic rings. The van der Waals surface area contributed by atoms with Crippen LogP contribution in [-0.2, 0) is 6.42 Å². The fourth-order valence-electron chi connectivity index (χ4n) is 2.72. The quantitative estimate of drug-likeness (QED) is 0.933. The highest BCUT2D eigenvalue weighted by molar-refractivity contribution is 6.04. The van der Waals surface area contributed by atoms with Crippen LogP contribution in [0.4, 0.5) is 15.8 Å². The van der Waals surface area contributed by atoms with Crippen LogP contribution in [0.3, 0.4) is 0 Å². The van der Waals surface area contributed by atoms with Crippen LogP contribution in [0, 0.1) is 5.82 Å². The summed E-state index contributed by atoms with van der Waals surface area (Å²) >= 11 is 0. The van der Waals surface area contributed by atoms with Gasteiger partial charge in [-0.05, 0) is 37.1 Å². The number of carbonyl (C=O) groups is 1. The summed E-state index contributed by atoms with van der Waals surface area (Å²) in [5.74, 6) is 0.0798. The van der Waals surface area contributed by atoms with Gasteiger partial charge in [-0.1, -0.05) is 13.0 Å². The predicted molar refractivity (Wildman–Crippen MR) is 83.9 cm³/mol. The molecule has 0 radical (unpaired) electrons. The van der Waals surface area contributed by atoms with Gasteiger partial charge in [0.15, 0.2) is 5.76 Å². The van der Waals surface area contributed by atoms with Crippen LogP contribution in [-0.4, -0.2) is 19.0 Å². The molecular formula is C17H19FN2O2. The van der Waals surface area contributed by atoms with Gasteiger partial charge in [0, 0.05) is 19.5 Å². The summed E-state index contributed by atoms with van der Waals surface area (Å²) in [6.07, 6.45) is 2.88. The van der Waals surface area contributed by atoms with Crippen molar-refractivity contribution in [2.75, 3.05) is 23.3 Å². The first-order valence-corrected chi connectivity index (χ1v) is 7.62. The Morgan fingerprint density at radius 3 is 2.73 bits per heavy atom. The van der Waals surface area contributed by atoms with E-state index in [0.29, 0.717) is 6.42 Å². The van der Waals surface area contributed by atoms with E-state index in [1.165, 1.54) is 6.07 Å². The number of anilines is 2. The van der Waals surface area contributed by atoms with Gasteiger partial charge in [0.25, 0.3) is 5.91 Å². The summed E-state index contributed by atoms with van der Waals surface area (Å²) in [6.45, 7) is 3.71. The van der Waals surface area contributed by atoms with Gasteiger partial charge in [0.2, 0.25) is 0 Å². The second-order valence-electron chi connectivity index (χ2n) is 5.40. The lowest BCUT2D eigenvalue weighted by molar-refractivity contribution is 0.0994. The number of halogens is 1. The Balaban J connectivity index is 1.86. The molecule has 1 N–H and O–H groups in total. The average Bonchev–Trinajstić information content (AvgIpc) is 3.20. The van der Waals surface area contributed by atoms with E-state index in [1.807, 2.05) is 13.0 Å². The first-order valence-electron chi connectivity index (χ1n) is 7.62. The summed E-state index contributed by atoms with van der Waals surface area (Å²) in [6, 6.07) is 8.24. The van der Waals surface area contributed by atoms with E-state index in [-0.39, 0.29) is 11.4 Å². The molecule has 1 fully saturated rings. The highest BCUT2D eigenvalue weighted by Crippen LogP contribution is 2.31. The van der Waals surface area contributed by atoms with Gasteiger partial charge in [0.05, 0.1) is 5.69 Å². The zero-order valence-electron chi connectivity index (χ0n) is 12.6. The van der Waals surface area contributed by atoms with Crippen molar-refractivity contribution in [3.63, 3.8) is 0 Å². The number of benzene rings is 1. The van der Waals surface area contributed by atoms with Crippen molar-refractivity contribution in [1.29, 1.82) is 0 Å². The molecule has 0 bridgehead atoms. The van der Waals surface area contributed by atoms with Crippen molar-refractivity contribution in [3.8, 4) is 0 Å². The molecule has 1 aliphatic heterocycles. The van der Waals surface area contributed by atoms with E-state index >= 15 is 0 Å². The fraction of sp³-hybridized carbons (Fsp3) is 0.353. The maximum absolute atomic E-state index is 14.2. The van der Waals surface area contributed by atoms with Crippen molar-refractivity contribution in [1.82, 2.24) is 0 Å². The van der Waals surface area contributed by atoms with Crippen LogP contribution in [0.15, 0.2) is 34.7 Å². The summed E-state index contributed by atoms with van der Waals surface area (Å²) in [5, 5.41) is 2.66. The third-order valence-corrected chi connectivity index (χ3v) is 3.91. The number of nitrogens with zero attached hydrogens (tertiary/aromatic N) is 1. The van der Waals surface area contributed by atoms with Crippen LogP contribution >= 0.6 is 0 Å². The smallest absolute Gasteiger partial charge is 0.291 e. The minimum Gasteiger partial charge on any atom is -0.456 e. The Morgan fingerprint density at radius 2 is 2.05 bits per heavy atom. The van der Waals surface area contributed by atoms with Crippen molar-refractivity contribution < 1.29 is 13.6 Å². The number of amides is 1. The van der Waals surface area contributed by atoms with E-state index in [4.69, 9.17) is 4.42 Å². The Bertz CT molecular complexity index is 675. The minimum absolute atomic E-state index is 0.201. The zero-order chi connectivity index (χ0) is 15.5. The molecule has 1 aliphatic rings. The topological polar surface area (TPSA) is 45.5 Å². The second kappa shape index (κ2) is 6.22. The molecule has 2 heterocycles. The number of nitrogens with one attached hydrogen (secondary N) is 1. The largest absolute Gasteiger partial charge is 0.456 e. The van der Waals surface area contributed by atoms with Crippen molar-refractivity contribution in [3.05, 3.63) is 47.7 Å². The first-order chi connectivity index (χ1) is 10.7. The van der Waals surface area contributed by atoms with Crippen molar-refractivity contribution >= 4 is 17.3 Å². The van der Waals surface area contributed by atoms with Gasteiger partial charge >= 0.3 is 0 Å². The van der Waals surface area contributed by atoms with E-state index < -0.39 is 11.7 Å². The summed E-state index contributed by atoms with van der Waals surface area (Å²) in [7, 11) is 0. The lowest BCUT2D eigenvalue weighted by atomic mass is 10.2. The van der Waals surface area contributed by atoms with Gasteiger partial charge in [-0.3, -0.25) is 4.79 Å².